The predicted octanol–water partition coefficient (Wildman–Crippen LogP) is 4.73. The number of ether oxygens (including phenoxy) is 1. The number of benzene rings is 3. The number of hydrogen-bond acceptors (Lipinski definition) is 4. The Bertz CT molecular complexity index is 969. The molecular formula is C25H29BrN2O2. The first-order valence-electron chi connectivity index (χ1n) is 10.7. The van der Waals surface area contributed by atoms with Crippen LogP contribution in [0.25, 0.3) is 10.8 Å². The number of aliphatic hydroxyl groups is 1. The lowest BCUT2D eigenvalue weighted by molar-refractivity contribution is 0.0663. The maximum atomic E-state index is 10.5. The fraction of sp³-hybridized carbons (Fsp3) is 0.360. The maximum absolute atomic E-state index is 10.5. The maximum Gasteiger partial charge on any atom is 0.120 e. The lowest BCUT2D eigenvalue weighted by Crippen LogP contribution is -2.49. The van der Waals surface area contributed by atoms with Crippen LogP contribution >= 0.6 is 15.9 Å². The molecule has 158 valence electrons. The van der Waals surface area contributed by atoms with Gasteiger partial charge in [-0.2, -0.15) is 0 Å². The van der Waals surface area contributed by atoms with Gasteiger partial charge in [0.1, 0.15) is 18.5 Å². The number of aliphatic hydroxyl groups excluding tert-OH is 1. The summed E-state index contributed by atoms with van der Waals surface area (Å²) in [6.07, 6.45) is 0.575. The molecule has 1 N–H and O–H groups in total. The van der Waals surface area contributed by atoms with Crippen LogP contribution in [0.5, 0.6) is 5.75 Å². The fourth-order valence-corrected chi connectivity index (χ4v) is 4.34. The van der Waals surface area contributed by atoms with E-state index >= 15 is 0 Å². The Kier molecular flexibility index (Phi) is 6.93. The zero-order chi connectivity index (χ0) is 20.9. The summed E-state index contributed by atoms with van der Waals surface area (Å²) < 4.78 is 6.93. The zero-order valence-electron chi connectivity index (χ0n) is 17.4. The minimum Gasteiger partial charge on any atom is -0.491 e. The number of rotatable bonds is 7. The third-order valence-electron chi connectivity index (χ3n) is 5.77. The molecule has 4 nitrogen and oxygen atoms in total. The minimum absolute atomic E-state index is 0.306. The van der Waals surface area contributed by atoms with Crippen molar-refractivity contribution in [3.63, 3.8) is 0 Å². The highest BCUT2D eigenvalue weighted by Crippen LogP contribution is 2.24. The number of hydrogen-bond donors (Lipinski definition) is 1. The number of halogens is 1. The van der Waals surface area contributed by atoms with E-state index in [4.69, 9.17) is 4.74 Å². The summed E-state index contributed by atoms with van der Waals surface area (Å²) in [5.41, 5.74) is 2.67. The molecule has 0 unspecified atom stereocenters. The van der Waals surface area contributed by atoms with Gasteiger partial charge in [-0.15, -0.1) is 0 Å². The van der Waals surface area contributed by atoms with Crippen molar-refractivity contribution in [2.75, 3.05) is 44.2 Å². The van der Waals surface area contributed by atoms with Crippen LogP contribution in [0.4, 0.5) is 5.69 Å². The number of aryl methyl sites for hydroxylation is 1. The monoisotopic (exact) mass is 468 g/mol. The molecule has 0 aromatic heterocycles. The van der Waals surface area contributed by atoms with Gasteiger partial charge in [-0.25, -0.2) is 0 Å². The van der Waals surface area contributed by atoms with E-state index in [2.05, 4.69) is 69.1 Å². The van der Waals surface area contributed by atoms with Crippen LogP contribution < -0.4 is 9.64 Å². The van der Waals surface area contributed by atoms with Gasteiger partial charge in [-0.3, -0.25) is 4.90 Å². The van der Waals surface area contributed by atoms with Crippen molar-refractivity contribution in [2.24, 2.45) is 0 Å². The second-order valence-corrected chi connectivity index (χ2v) is 8.84. The molecule has 0 radical (unpaired) electrons. The van der Waals surface area contributed by atoms with Crippen molar-refractivity contribution in [3.8, 4) is 5.75 Å². The Balaban J connectivity index is 1.24. The van der Waals surface area contributed by atoms with Crippen molar-refractivity contribution < 1.29 is 9.84 Å². The molecule has 1 heterocycles. The van der Waals surface area contributed by atoms with Crippen LogP contribution in [0.1, 0.15) is 12.5 Å². The van der Waals surface area contributed by atoms with Gasteiger partial charge < -0.3 is 14.7 Å². The highest BCUT2D eigenvalue weighted by atomic mass is 79.9. The van der Waals surface area contributed by atoms with Crippen LogP contribution in [0.3, 0.4) is 0 Å². The summed E-state index contributed by atoms with van der Waals surface area (Å²) in [5.74, 6) is 0.796. The standard InChI is InChI=1S/C25H29BrN2O2/c1-2-19-3-8-23(9-4-19)28-13-11-27(12-14-28)17-24(29)18-30-25-10-6-20-15-22(26)7-5-21(20)16-25/h3-10,15-16,24,29H,2,11-14,17-18H2,1H3/t24-/m1/s1. The Hall–Kier alpha value is -2.08. The molecule has 5 heteroatoms. The summed E-state index contributed by atoms with van der Waals surface area (Å²) in [7, 11) is 0. The quantitative estimate of drug-likeness (QED) is 0.543. The van der Waals surface area contributed by atoms with E-state index in [1.54, 1.807) is 0 Å². The molecule has 1 aliphatic rings. The average molecular weight is 469 g/mol. The normalized spacial score (nSPS) is 16.0. The van der Waals surface area contributed by atoms with Gasteiger partial charge >= 0.3 is 0 Å². The van der Waals surface area contributed by atoms with E-state index < -0.39 is 6.10 Å². The second-order valence-electron chi connectivity index (χ2n) is 7.93. The van der Waals surface area contributed by atoms with Gasteiger partial charge in [0.15, 0.2) is 0 Å². The molecule has 1 aliphatic heterocycles. The summed E-state index contributed by atoms with van der Waals surface area (Å²) in [6, 6.07) is 21.1. The van der Waals surface area contributed by atoms with Gasteiger partial charge in [0.25, 0.3) is 0 Å². The van der Waals surface area contributed by atoms with E-state index in [-0.39, 0.29) is 0 Å². The molecule has 30 heavy (non-hydrogen) atoms. The number of nitrogens with zero attached hydrogens (tertiary/aromatic N) is 2. The van der Waals surface area contributed by atoms with Gasteiger partial charge in [0, 0.05) is 42.9 Å². The molecular weight excluding hydrogens is 440 g/mol. The highest BCUT2D eigenvalue weighted by Gasteiger charge is 2.19. The van der Waals surface area contributed by atoms with Crippen molar-refractivity contribution in [1.29, 1.82) is 0 Å². The van der Waals surface area contributed by atoms with Gasteiger partial charge in [0.2, 0.25) is 0 Å². The van der Waals surface area contributed by atoms with E-state index in [0.717, 1.165) is 48.2 Å². The molecule has 0 spiro atoms. The molecule has 3 aromatic rings. The molecule has 1 saturated heterocycles. The van der Waals surface area contributed by atoms with Crippen molar-refractivity contribution in [2.45, 2.75) is 19.4 Å². The molecule has 0 aliphatic carbocycles. The van der Waals surface area contributed by atoms with E-state index in [1.165, 1.54) is 16.6 Å². The largest absolute Gasteiger partial charge is 0.491 e. The Morgan fingerprint density at radius 2 is 1.63 bits per heavy atom. The first kappa shape index (κ1) is 21.2. The fourth-order valence-electron chi connectivity index (χ4n) is 3.96. The summed E-state index contributed by atoms with van der Waals surface area (Å²) >= 11 is 3.50. The number of β-amino-alcohol motifs (C(OH)–C–C–N with tert-alkyl or cyclic N) is 1. The topological polar surface area (TPSA) is 35.9 Å². The first-order chi connectivity index (χ1) is 14.6. The average Bonchev–Trinajstić information content (AvgIpc) is 2.78. The number of anilines is 1. The molecule has 1 atom stereocenters. The van der Waals surface area contributed by atoms with E-state index in [1.807, 2.05) is 24.3 Å². The molecule has 0 bridgehead atoms. The van der Waals surface area contributed by atoms with Crippen LogP contribution in [0, 0.1) is 0 Å². The molecule has 4 rings (SSSR count). The lowest BCUT2D eigenvalue weighted by Gasteiger charge is -2.37. The Morgan fingerprint density at radius 1 is 0.933 bits per heavy atom. The first-order valence-corrected chi connectivity index (χ1v) is 11.5. The summed E-state index contributed by atoms with van der Waals surface area (Å²) in [6.45, 7) is 7.01. The summed E-state index contributed by atoms with van der Waals surface area (Å²) in [5, 5.41) is 12.8. The van der Waals surface area contributed by atoms with Gasteiger partial charge in [0.05, 0.1) is 0 Å². The highest BCUT2D eigenvalue weighted by molar-refractivity contribution is 9.10. The smallest absolute Gasteiger partial charge is 0.120 e. The lowest BCUT2D eigenvalue weighted by atomic mass is 10.1. The van der Waals surface area contributed by atoms with Gasteiger partial charge in [-0.1, -0.05) is 47.1 Å². The summed E-state index contributed by atoms with van der Waals surface area (Å²) in [4.78, 5) is 4.75. The van der Waals surface area contributed by atoms with Gasteiger partial charge in [-0.05, 0) is 59.2 Å². The van der Waals surface area contributed by atoms with Crippen LogP contribution in [0.2, 0.25) is 0 Å². The van der Waals surface area contributed by atoms with Crippen molar-refractivity contribution in [3.05, 3.63) is 70.7 Å². The molecule has 0 amide bonds. The predicted molar refractivity (Wildman–Crippen MR) is 128 cm³/mol. The number of fused-ring (bicyclic) bond motifs is 1. The molecule has 1 fully saturated rings. The van der Waals surface area contributed by atoms with E-state index in [9.17, 15) is 5.11 Å². The SMILES string of the molecule is CCc1ccc(N2CCN(C[C@@H](O)COc3ccc4cc(Br)ccc4c3)CC2)cc1. The number of piperazine rings is 1. The molecule has 3 aromatic carbocycles. The van der Waals surface area contributed by atoms with Crippen molar-refractivity contribution >= 4 is 32.4 Å². The third kappa shape index (κ3) is 5.34. The Morgan fingerprint density at radius 3 is 2.37 bits per heavy atom. The second kappa shape index (κ2) is 9.82. The van der Waals surface area contributed by atoms with Crippen molar-refractivity contribution in [1.82, 2.24) is 4.90 Å². The molecule has 0 saturated carbocycles. The third-order valence-corrected chi connectivity index (χ3v) is 6.26. The minimum atomic E-state index is -0.499. The van der Waals surface area contributed by atoms with E-state index in [0.29, 0.717) is 13.2 Å². The zero-order valence-corrected chi connectivity index (χ0v) is 19.0. The van der Waals surface area contributed by atoms with Crippen LogP contribution in [0.15, 0.2) is 65.1 Å². The Labute approximate surface area is 187 Å². The van der Waals surface area contributed by atoms with Crippen LogP contribution in [-0.4, -0.2) is 55.4 Å². The van der Waals surface area contributed by atoms with Crippen LogP contribution in [-0.2, 0) is 6.42 Å².